The average Bonchev–Trinajstić information content (AvgIpc) is 2.90. The Labute approximate surface area is 110 Å². The molecule has 0 fully saturated rings. The molecule has 1 aromatic heterocycles. The first kappa shape index (κ1) is 11.2. The van der Waals surface area contributed by atoms with Gasteiger partial charge in [-0.25, -0.2) is 4.98 Å². The maximum Gasteiger partial charge on any atom is 0.178 e. The molecular weight excluding hydrogens is 246 g/mol. The summed E-state index contributed by atoms with van der Waals surface area (Å²) in [6.45, 7) is 0. The minimum atomic E-state index is -0.0468. The Bertz CT molecular complexity index is 599. The molecule has 0 aliphatic heterocycles. The Morgan fingerprint density at radius 2 is 2.06 bits per heavy atom. The molecule has 0 amide bonds. The van der Waals surface area contributed by atoms with Crippen molar-refractivity contribution in [2.24, 2.45) is 0 Å². The lowest BCUT2D eigenvalue weighted by Crippen LogP contribution is -2.05. The minimum Gasteiger partial charge on any atom is -0.259 e. The monoisotopic (exact) mass is 257 g/mol. The summed E-state index contributed by atoms with van der Waals surface area (Å²) in [5.41, 5.74) is 1.99. The van der Waals surface area contributed by atoms with Gasteiger partial charge in [-0.1, -0.05) is 48.6 Å². The lowest BCUT2D eigenvalue weighted by molar-refractivity contribution is 1.01. The van der Waals surface area contributed by atoms with Crippen molar-refractivity contribution < 1.29 is 0 Å². The second-order valence-electron chi connectivity index (χ2n) is 4.13. The van der Waals surface area contributed by atoms with Crippen LogP contribution in [0.4, 0.5) is 0 Å². The minimum absolute atomic E-state index is 0.0468. The fourth-order valence-electron chi connectivity index (χ4n) is 1.93. The van der Waals surface area contributed by atoms with E-state index in [1.807, 2.05) is 48.6 Å². The molecule has 0 spiro atoms. The normalized spacial score (nSPS) is 18.7. The topological polar surface area (TPSA) is 41.6 Å². The van der Waals surface area contributed by atoms with Crippen molar-refractivity contribution in [1.29, 1.82) is 0 Å². The first-order chi connectivity index (χ1) is 8.84. The van der Waals surface area contributed by atoms with Crippen LogP contribution in [0.25, 0.3) is 17.0 Å². The van der Waals surface area contributed by atoms with E-state index >= 15 is 0 Å². The molecule has 3 rings (SSSR count). The summed E-state index contributed by atoms with van der Waals surface area (Å²) in [5, 5.41) is 7.15. The summed E-state index contributed by atoms with van der Waals surface area (Å²) in [4.78, 5) is 4.50. The SMILES string of the molecule is ClC1CC=CC=C1c1n[nH]c(-c2ccccc2)n1. The van der Waals surface area contributed by atoms with Gasteiger partial charge in [0.25, 0.3) is 0 Å². The molecule has 0 radical (unpaired) electrons. The van der Waals surface area contributed by atoms with E-state index in [1.54, 1.807) is 0 Å². The molecular formula is C14H12ClN3. The van der Waals surface area contributed by atoms with E-state index in [1.165, 1.54) is 0 Å². The van der Waals surface area contributed by atoms with Crippen molar-refractivity contribution in [2.45, 2.75) is 11.8 Å². The van der Waals surface area contributed by atoms with E-state index in [4.69, 9.17) is 11.6 Å². The fourth-order valence-corrected chi connectivity index (χ4v) is 2.20. The van der Waals surface area contributed by atoms with Crippen LogP contribution in [0.15, 0.2) is 48.6 Å². The third-order valence-corrected chi connectivity index (χ3v) is 3.30. The summed E-state index contributed by atoms with van der Waals surface area (Å²) < 4.78 is 0. The number of allylic oxidation sites excluding steroid dienone is 4. The van der Waals surface area contributed by atoms with Crippen LogP contribution in [-0.2, 0) is 0 Å². The second kappa shape index (κ2) is 4.78. The van der Waals surface area contributed by atoms with Crippen LogP contribution < -0.4 is 0 Å². The number of nitrogens with one attached hydrogen (secondary N) is 1. The van der Waals surface area contributed by atoms with E-state index in [9.17, 15) is 0 Å². The maximum absolute atomic E-state index is 6.26. The first-order valence-electron chi connectivity index (χ1n) is 5.83. The van der Waals surface area contributed by atoms with Gasteiger partial charge < -0.3 is 0 Å². The van der Waals surface area contributed by atoms with Gasteiger partial charge in [0.2, 0.25) is 0 Å². The van der Waals surface area contributed by atoms with Crippen molar-refractivity contribution in [2.75, 3.05) is 0 Å². The highest BCUT2D eigenvalue weighted by atomic mass is 35.5. The molecule has 1 N–H and O–H groups in total. The van der Waals surface area contributed by atoms with Gasteiger partial charge in [-0.3, -0.25) is 5.10 Å². The third kappa shape index (κ3) is 2.09. The maximum atomic E-state index is 6.26. The highest BCUT2D eigenvalue weighted by molar-refractivity contribution is 6.26. The highest BCUT2D eigenvalue weighted by Crippen LogP contribution is 2.27. The molecule has 1 unspecified atom stereocenters. The number of H-pyrrole nitrogens is 1. The third-order valence-electron chi connectivity index (χ3n) is 2.88. The van der Waals surface area contributed by atoms with Crippen molar-refractivity contribution in [3.8, 4) is 11.4 Å². The van der Waals surface area contributed by atoms with Crippen molar-refractivity contribution in [3.63, 3.8) is 0 Å². The fraction of sp³-hybridized carbons (Fsp3) is 0.143. The highest BCUT2D eigenvalue weighted by Gasteiger charge is 2.18. The predicted molar refractivity (Wildman–Crippen MR) is 73.2 cm³/mol. The van der Waals surface area contributed by atoms with E-state index in [2.05, 4.69) is 15.2 Å². The van der Waals surface area contributed by atoms with E-state index in [-0.39, 0.29) is 5.38 Å². The number of alkyl halides is 1. The van der Waals surface area contributed by atoms with Crippen molar-refractivity contribution >= 4 is 17.2 Å². The summed E-state index contributed by atoms with van der Waals surface area (Å²) in [7, 11) is 0. The number of rotatable bonds is 2. The first-order valence-corrected chi connectivity index (χ1v) is 6.27. The molecule has 0 bridgehead atoms. The average molecular weight is 258 g/mol. The molecule has 1 atom stereocenters. The Balaban J connectivity index is 1.95. The number of aromatic amines is 1. The Hall–Kier alpha value is -1.87. The van der Waals surface area contributed by atoms with Crippen LogP contribution in [0.3, 0.4) is 0 Å². The molecule has 1 aliphatic rings. The standard InChI is InChI=1S/C14H12ClN3/c15-12-9-5-4-8-11(12)14-16-13(17-18-14)10-6-2-1-3-7-10/h1-8,12H,9H2,(H,16,17,18). The van der Waals surface area contributed by atoms with Crippen LogP contribution >= 0.6 is 11.6 Å². The lowest BCUT2D eigenvalue weighted by Gasteiger charge is -2.11. The molecule has 0 saturated heterocycles. The molecule has 1 aromatic carbocycles. The van der Waals surface area contributed by atoms with Crippen LogP contribution in [0.2, 0.25) is 0 Å². The van der Waals surface area contributed by atoms with Gasteiger partial charge in [-0.15, -0.1) is 11.6 Å². The second-order valence-corrected chi connectivity index (χ2v) is 4.65. The Kier molecular flexibility index (Phi) is 2.99. The van der Waals surface area contributed by atoms with Crippen LogP contribution in [0.1, 0.15) is 12.2 Å². The summed E-state index contributed by atoms with van der Waals surface area (Å²) >= 11 is 6.26. The zero-order chi connectivity index (χ0) is 12.4. The van der Waals surface area contributed by atoms with Crippen molar-refractivity contribution in [3.05, 3.63) is 54.4 Å². The number of hydrogen-bond donors (Lipinski definition) is 1. The van der Waals surface area contributed by atoms with E-state index in [0.717, 1.165) is 23.4 Å². The van der Waals surface area contributed by atoms with Crippen LogP contribution in [-0.4, -0.2) is 20.6 Å². The van der Waals surface area contributed by atoms with Gasteiger partial charge in [0, 0.05) is 11.1 Å². The van der Waals surface area contributed by atoms with Gasteiger partial charge in [-0.2, -0.15) is 5.10 Å². The van der Waals surface area contributed by atoms with Gasteiger partial charge in [0.05, 0.1) is 5.38 Å². The number of nitrogens with zero attached hydrogens (tertiary/aromatic N) is 2. The summed E-state index contributed by atoms with van der Waals surface area (Å²) in [5.74, 6) is 1.45. The number of hydrogen-bond acceptors (Lipinski definition) is 2. The molecule has 2 aromatic rings. The van der Waals surface area contributed by atoms with E-state index < -0.39 is 0 Å². The molecule has 4 heteroatoms. The van der Waals surface area contributed by atoms with Crippen LogP contribution in [0.5, 0.6) is 0 Å². The molecule has 0 saturated carbocycles. The number of aromatic nitrogens is 3. The molecule has 1 aliphatic carbocycles. The Morgan fingerprint density at radius 3 is 2.83 bits per heavy atom. The molecule has 1 heterocycles. The number of halogens is 1. The molecule has 18 heavy (non-hydrogen) atoms. The summed E-state index contributed by atoms with van der Waals surface area (Å²) in [6.07, 6.45) is 6.83. The lowest BCUT2D eigenvalue weighted by atomic mass is 10.0. The van der Waals surface area contributed by atoms with Gasteiger partial charge in [-0.05, 0) is 6.42 Å². The number of benzene rings is 1. The van der Waals surface area contributed by atoms with Gasteiger partial charge in [0.15, 0.2) is 11.6 Å². The summed E-state index contributed by atoms with van der Waals surface area (Å²) in [6, 6.07) is 9.92. The van der Waals surface area contributed by atoms with E-state index in [0.29, 0.717) is 5.82 Å². The zero-order valence-electron chi connectivity index (χ0n) is 9.68. The quantitative estimate of drug-likeness (QED) is 0.838. The molecule has 3 nitrogen and oxygen atoms in total. The van der Waals surface area contributed by atoms with Gasteiger partial charge in [0.1, 0.15) is 0 Å². The predicted octanol–water partition coefficient (Wildman–Crippen LogP) is 3.42. The zero-order valence-corrected chi connectivity index (χ0v) is 10.4. The molecule has 90 valence electrons. The van der Waals surface area contributed by atoms with Crippen molar-refractivity contribution in [1.82, 2.24) is 15.2 Å². The smallest absolute Gasteiger partial charge is 0.178 e. The largest absolute Gasteiger partial charge is 0.259 e. The van der Waals surface area contributed by atoms with Gasteiger partial charge >= 0.3 is 0 Å². The van der Waals surface area contributed by atoms with Crippen LogP contribution in [0, 0.1) is 0 Å². The Morgan fingerprint density at radius 1 is 1.22 bits per heavy atom.